The van der Waals surface area contributed by atoms with Crippen molar-refractivity contribution in [2.45, 2.75) is 64.1 Å². The van der Waals surface area contributed by atoms with Gasteiger partial charge in [-0.1, -0.05) is 6.42 Å². The van der Waals surface area contributed by atoms with Crippen molar-refractivity contribution in [1.29, 1.82) is 0 Å². The minimum Gasteiger partial charge on any atom is -0.441 e. The van der Waals surface area contributed by atoms with Crippen molar-refractivity contribution >= 4 is 17.8 Å². The molecule has 1 fully saturated rings. The average Bonchev–Trinajstić information content (AvgIpc) is 3.00. The number of Topliss-reactive ketones (excluding diaryl/α,β-unsaturated/α-hetero) is 1. The van der Waals surface area contributed by atoms with Gasteiger partial charge in [0.25, 0.3) is 0 Å². The molecule has 138 valence electrons. The van der Waals surface area contributed by atoms with Crippen molar-refractivity contribution in [2.24, 2.45) is 11.5 Å². The number of amides is 2. The number of nitrogens with one attached hydrogen (secondary N) is 1. The van der Waals surface area contributed by atoms with E-state index in [1.807, 2.05) is 0 Å². The Kier molecular flexibility index (Phi) is 8.70. The fraction of sp³-hybridized carbons (Fsp3) is 0.812. The molecule has 8 nitrogen and oxygen atoms in total. The number of carbonyl (C=O) groups is 3. The maximum Gasteiger partial charge on any atom is 0.407 e. The fourth-order valence-corrected chi connectivity index (χ4v) is 2.72. The lowest BCUT2D eigenvalue weighted by Crippen LogP contribution is -2.49. The van der Waals surface area contributed by atoms with Crippen LogP contribution in [0, 0.1) is 0 Å². The van der Waals surface area contributed by atoms with Crippen LogP contribution in [0.25, 0.3) is 0 Å². The molecule has 0 unspecified atom stereocenters. The lowest BCUT2D eigenvalue weighted by molar-refractivity contribution is -0.139. The van der Waals surface area contributed by atoms with Crippen LogP contribution < -0.4 is 16.8 Å². The normalized spacial score (nSPS) is 18.5. The van der Waals surface area contributed by atoms with E-state index in [0.29, 0.717) is 25.9 Å². The Morgan fingerprint density at radius 1 is 1.29 bits per heavy atom. The lowest BCUT2D eigenvalue weighted by atomic mass is 10.1. The lowest BCUT2D eigenvalue weighted by Gasteiger charge is -2.26. The highest BCUT2D eigenvalue weighted by molar-refractivity contribution is 5.92. The standard InChI is InChI=1S/C16H30N4O4/c1-11(2)19-16(23)24-10-14(21)13-7-5-9-20(13)15(22)12(18)6-3-4-8-17/h11-13H,3-10,17-18H2,1-2H3,(H,19,23)/t12-,13-/m0/s1. The zero-order valence-electron chi connectivity index (χ0n) is 14.6. The molecule has 1 rings (SSSR count). The average molecular weight is 342 g/mol. The van der Waals surface area contributed by atoms with Crippen molar-refractivity contribution in [3.63, 3.8) is 0 Å². The topological polar surface area (TPSA) is 128 Å². The summed E-state index contributed by atoms with van der Waals surface area (Å²) >= 11 is 0. The van der Waals surface area contributed by atoms with Gasteiger partial charge in [-0.3, -0.25) is 9.59 Å². The van der Waals surface area contributed by atoms with E-state index in [0.717, 1.165) is 19.3 Å². The van der Waals surface area contributed by atoms with E-state index < -0.39 is 18.2 Å². The second-order valence-corrected chi connectivity index (χ2v) is 6.42. The molecule has 0 radical (unpaired) electrons. The van der Waals surface area contributed by atoms with Gasteiger partial charge >= 0.3 is 6.09 Å². The summed E-state index contributed by atoms with van der Waals surface area (Å²) in [7, 11) is 0. The Balaban J connectivity index is 2.50. The number of nitrogens with two attached hydrogens (primary N) is 2. The first-order chi connectivity index (χ1) is 11.4. The zero-order valence-corrected chi connectivity index (χ0v) is 14.6. The third-order valence-electron chi connectivity index (χ3n) is 3.95. The van der Waals surface area contributed by atoms with Gasteiger partial charge in [-0.05, 0) is 46.1 Å². The molecule has 0 saturated carbocycles. The minimum atomic E-state index is -0.632. The van der Waals surface area contributed by atoms with Gasteiger partial charge in [0.2, 0.25) is 5.91 Å². The van der Waals surface area contributed by atoms with Gasteiger partial charge in [0.1, 0.15) is 0 Å². The van der Waals surface area contributed by atoms with E-state index in [9.17, 15) is 14.4 Å². The van der Waals surface area contributed by atoms with E-state index in [4.69, 9.17) is 16.2 Å². The van der Waals surface area contributed by atoms with Crippen molar-refractivity contribution in [3.8, 4) is 0 Å². The van der Waals surface area contributed by atoms with Gasteiger partial charge in [-0.25, -0.2) is 4.79 Å². The predicted octanol–water partition coefficient (Wildman–Crippen LogP) is 0.137. The number of nitrogens with zero attached hydrogens (tertiary/aromatic N) is 1. The third kappa shape index (κ3) is 6.45. The number of ether oxygens (including phenoxy) is 1. The number of rotatable bonds is 9. The monoisotopic (exact) mass is 342 g/mol. The van der Waals surface area contributed by atoms with Crippen LogP contribution in [-0.4, -0.2) is 60.5 Å². The van der Waals surface area contributed by atoms with Crippen LogP contribution >= 0.6 is 0 Å². The van der Waals surface area contributed by atoms with Crippen LogP contribution in [-0.2, 0) is 14.3 Å². The number of unbranched alkanes of at least 4 members (excludes halogenated alkanes) is 1. The third-order valence-corrected chi connectivity index (χ3v) is 3.95. The Labute approximate surface area is 143 Å². The number of hydrogen-bond donors (Lipinski definition) is 3. The van der Waals surface area contributed by atoms with Gasteiger partial charge in [0.05, 0.1) is 12.1 Å². The van der Waals surface area contributed by atoms with E-state index in [1.165, 1.54) is 4.90 Å². The zero-order chi connectivity index (χ0) is 18.1. The molecule has 0 bridgehead atoms. The molecule has 8 heteroatoms. The maximum absolute atomic E-state index is 12.4. The molecule has 1 saturated heterocycles. The van der Waals surface area contributed by atoms with Gasteiger partial charge < -0.3 is 26.4 Å². The Bertz CT molecular complexity index is 442. The SMILES string of the molecule is CC(C)NC(=O)OCC(=O)[C@@H]1CCCN1C(=O)[C@@H](N)CCCCN. The summed E-state index contributed by atoms with van der Waals surface area (Å²) in [4.78, 5) is 37.7. The second kappa shape index (κ2) is 10.2. The molecule has 2 amide bonds. The Hall–Kier alpha value is -1.67. The molecule has 0 aromatic heterocycles. The smallest absolute Gasteiger partial charge is 0.407 e. The summed E-state index contributed by atoms with van der Waals surface area (Å²) in [5.41, 5.74) is 11.4. The molecule has 1 heterocycles. The Morgan fingerprint density at radius 3 is 2.62 bits per heavy atom. The quantitative estimate of drug-likeness (QED) is 0.511. The summed E-state index contributed by atoms with van der Waals surface area (Å²) in [5.74, 6) is -0.483. The summed E-state index contributed by atoms with van der Waals surface area (Å²) in [6.45, 7) is 4.34. The molecule has 0 aliphatic carbocycles. The molecule has 0 aromatic rings. The first kappa shape index (κ1) is 20.4. The van der Waals surface area contributed by atoms with Gasteiger partial charge in [-0.15, -0.1) is 0 Å². The highest BCUT2D eigenvalue weighted by Gasteiger charge is 2.36. The summed E-state index contributed by atoms with van der Waals surface area (Å²) in [6.07, 6.45) is 2.86. The van der Waals surface area contributed by atoms with Gasteiger partial charge in [0.15, 0.2) is 12.4 Å². The van der Waals surface area contributed by atoms with Crippen LogP contribution in [0.15, 0.2) is 0 Å². The largest absolute Gasteiger partial charge is 0.441 e. The molecule has 1 aliphatic heterocycles. The number of carbonyl (C=O) groups excluding carboxylic acids is 3. The van der Waals surface area contributed by atoms with Crippen LogP contribution in [0.4, 0.5) is 4.79 Å². The van der Waals surface area contributed by atoms with Crippen molar-refractivity contribution in [3.05, 3.63) is 0 Å². The van der Waals surface area contributed by atoms with Crippen LogP contribution in [0.1, 0.15) is 46.0 Å². The minimum absolute atomic E-state index is 0.0660. The van der Waals surface area contributed by atoms with E-state index in [-0.39, 0.29) is 24.3 Å². The molecular formula is C16H30N4O4. The van der Waals surface area contributed by atoms with Crippen LogP contribution in [0.2, 0.25) is 0 Å². The molecule has 1 aliphatic rings. The fourth-order valence-electron chi connectivity index (χ4n) is 2.72. The predicted molar refractivity (Wildman–Crippen MR) is 90.2 cm³/mol. The van der Waals surface area contributed by atoms with Crippen molar-refractivity contribution in [2.75, 3.05) is 19.7 Å². The number of alkyl carbamates (subject to hydrolysis) is 1. The maximum atomic E-state index is 12.4. The molecule has 24 heavy (non-hydrogen) atoms. The van der Waals surface area contributed by atoms with Crippen molar-refractivity contribution < 1.29 is 19.1 Å². The number of ketones is 1. The number of likely N-dealkylation sites (tertiary alicyclic amines) is 1. The second-order valence-electron chi connectivity index (χ2n) is 6.42. The first-order valence-corrected chi connectivity index (χ1v) is 8.59. The molecular weight excluding hydrogens is 312 g/mol. The van der Waals surface area contributed by atoms with E-state index >= 15 is 0 Å². The van der Waals surface area contributed by atoms with Gasteiger partial charge in [-0.2, -0.15) is 0 Å². The van der Waals surface area contributed by atoms with E-state index in [1.54, 1.807) is 13.8 Å². The molecule has 5 N–H and O–H groups in total. The summed E-state index contributed by atoms with van der Waals surface area (Å²) < 4.78 is 4.91. The molecule has 0 aromatic carbocycles. The summed E-state index contributed by atoms with van der Waals surface area (Å²) in [6, 6.07) is -1.23. The number of hydrogen-bond acceptors (Lipinski definition) is 6. The highest BCUT2D eigenvalue weighted by Crippen LogP contribution is 2.20. The molecule has 0 spiro atoms. The van der Waals surface area contributed by atoms with Crippen LogP contribution in [0.3, 0.4) is 0 Å². The van der Waals surface area contributed by atoms with Crippen LogP contribution in [0.5, 0.6) is 0 Å². The van der Waals surface area contributed by atoms with Crippen molar-refractivity contribution in [1.82, 2.24) is 10.2 Å². The van der Waals surface area contributed by atoms with Gasteiger partial charge in [0, 0.05) is 12.6 Å². The highest BCUT2D eigenvalue weighted by atomic mass is 16.6. The van der Waals surface area contributed by atoms with E-state index in [2.05, 4.69) is 5.32 Å². The summed E-state index contributed by atoms with van der Waals surface area (Å²) in [5, 5.41) is 2.55. The first-order valence-electron chi connectivity index (χ1n) is 8.59. The Morgan fingerprint density at radius 2 is 2.00 bits per heavy atom. The molecule has 2 atom stereocenters.